The van der Waals surface area contributed by atoms with Gasteiger partial charge in [0.05, 0.1) is 6.42 Å². The smallest absolute Gasteiger partial charge is 1.00 e. The van der Waals surface area contributed by atoms with Crippen LogP contribution >= 0.6 is 0 Å². The van der Waals surface area contributed by atoms with Crippen LogP contribution in [0.4, 0.5) is 0 Å². The molecule has 0 aliphatic heterocycles. The minimum Gasteiger partial charge on any atom is -1.00 e. The Kier molecular flexibility index (Phi) is 12.4. The summed E-state index contributed by atoms with van der Waals surface area (Å²) in [6, 6.07) is -1.16. The molecule has 0 unspecified atom stereocenters. The molecule has 1 amide bonds. The second kappa shape index (κ2) is 7.96. The van der Waals surface area contributed by atoms with Crippen LogP contribution in [0.25, 0.3) is 0 Å². The standard InChI is InChI=1S/C4H8N2O3.Na.H2O.H/c5-2(4(8)9)1-3(6)7;;;/h2H,1,5H2,(H2,6,7)(H,8,9);;1H2;/q;+1;;-1/t2-;;;/m0.../s1. The summed E-state index contributed by atoms with van der Waals surface area (Å²) in [4.78, 5) is 19.9. The Bertz CT molecular complexity index is 145. The van der Waals surface area contributed by atoms with Crippen LogP contribution in [0.5, 0.6) is 0 Å². The van der Waals surface area contributed by atoms with E-state index in [-0.39, 0.29) is 42.9 Å². The molecule has 7 N–H and O–H groups in total. The van der Waals surface area contributed by atoms with Gasteiger partial charge in [0.1, 0.15) is 6.04 Å². The molecule has 11 heavy (non-hydrogen) atoms. The van der Waals surface area contributed by atoms with E-state index in [1.165, 1.54) is 0 Å². The van der Waals surface area contributed by atoms with Crippen LogP contribution in [-0.2, 0) is 9.59 Å². The van der Waals surface area contributed by atoms with E-state index in [0.717, 1.165) is 0 Å². The third kappa shape index (κ3) is 9.86. The van der Waals surface area contributed by atoms with Gasteiger partial charge in [0.25, 0.3) is 0 Å². The summed E-state index contributed by atoms with van der Waals surface area (Å²) in [7, 11) is 0. The first-order chi connectivity index (χ1) is 4.04. The van der Waals surface area contributed by atoms with E-state index >= 15 is 0 Å². The van der Waals surface area contributed by atoms with Gasteiger partial charge in [-0.15, -0.1) is 0 Å². The molecule has 0 rings (SSSR count). The van der Waals surface area contributed by atoms with Crippen LogP contribution in [0.1, 0.15) is 7.85 Å². The van der Waals surface area contributed by atoms with Crippen LogP contribution in [-0.4, -0.2) is 28.5 Å². The zero-order valence-corrected chi connectivity index (χ0v) is 8.20. The second-order valence-electron chi connectivity index (χ2n) is 1.62. The number of primary amides is 1. The Balaban J connectivity index is -0.000000107. The number of rotatable bonds is 3. The summed E-state index contributed by atoms with van der Waals surface area (Å²) in [6.07, 6.45) is -0.310. The van der Waals surface area contributed by atoms with Crippen molar-refractivity contribution in [3.05, 3.63) is 0 Å². The number of carboxylic acids is 1. The normalized spacial score (nSPS) is 10.3. The summed E-state index contributed by atoms with van der Waals surface area (Å²) >= 11 is 0. The molecule has 0 radical (unpaired) electrons. The van der Waals surface area contributed by atoms with Gasteiger partial charge in [0, 0.05) is 0 Å². The maximum absolute atomic E-state index is 9.99. The van der Waals surface area contributed by atoms with Gasteiger partial charge in [-0.25, -0.2) is 0 Å². The first-order valence-electron chi connectivity index (χ1n) is 2.30. The van der Waals surface area contributed by atoms with E-state index in [2.05, 4.69) is 5.73 Å². The Morgan fingerprint density at radius 3 is 2.00 bits per heavy atom. The van der Waals surface area contributed by atoms with Crippen molar-refractivity contribution >= 4 is 11.9 Å². The van der Waals surface area contributed by atoms with Crippen molar-refractivity contribution in [2.45, 2.75) is 12.5 Å². The number of carbonyl (C=O) groups excluding carboxylic acids is 1. The molecule has 0 aromatic rings. The van der Waals surface area contributed by atoms with Gasteiger partial charge in [-0.1, -0.05) is 0 Å². The van der Waals surface area contributed by atoms with Crippen molar-refractivity contribution in [2.24, 2.45) is 11.5 Å². The summed E-state index contributed by atoms with van der Waals surface area (Å²) in [5, 5.41) is 8.10. The van der Waals surface area contributed by atoms with Gasteiger partial charge in [-0.05, 0) is 0 Å². The molecule has 0 bridgehead atoms. The molecule has 62 valence electrons. The summed E-state index contributed by atoms with van der Waals surface area (Å²) in [6.45, 7) is 0. The van der Waals surface area contributed by atoms with E-state index in [4.69, 9.17) is 10.8 Å². The largest absolute Gasteiger partial charge is 1.00 e. The average Bonchev–Trinajstić information content (AvgIpc) is 1.63. The van der Waals surface area contributed by atoms with Gasteiger partial charge in [-0.2, -0.15) is 0 Å². The number of carbonyl (C=O) groups is 2. The summed E-state index contributed by atoms with van der Waals surface area (Å²) in [5.74, 6) is -1.92. The number of aliphatic carboxylic acids is 1. The van der Waals surface area contributed by atoms with Crippen molar-refractivity contribution in [1.29, 1.82) is 0 Å². The average molecular weight is 174 g/mol. The number of amides is 1. The molecule has 0 fully saturated rings. The number of hydrogen-bond donors (Lipinski definition) is 3. The fourth-order valence-electron chi connectivity index (χ4n) is 0.304. The molecule has 0 spiro atoms. The molecule has 7 heteroatoms. The van der Waals surface area contributed by atoms with Gasteiger partial charge >= 0.3 is 35.5 Å². The van der Waals surface area contributed by atoms with E-state index in [1.807, 2.05) is 0 Å². The quantitative estimate of drug-likeness (QED) is 0.367. The molecule has 0 aromatic heterocycles. The van der Waals surface area contributed by atoms with Crippen LogP contribution < -0.4 is 41.0 Å². The molecular formula is C4H11N2NaO4. The number of hydrogen-bond acceptors (Lipinski definition) is 3. The molecule has 0 saturated heterocycles. The van der Waals surface area contributed by atoms with Crippen LogP contribution in [0.2, 0.25) is 0 Å². The molecule has 0 aliphatic carbocycles. The van der Waals surface area contributed by atoms with E-state index < -0.39 is 17.9 Å². The van der Waals surface area contributed by atoms with E-state index in [0.29, 0.717) is 0 Å². The van der Waals surface area contributed by atoms with Gasteiger partial charge in [0.15, 0.2) is 0 Å². The first-order valence-corrected chi connectivity index (χ1v) is 2.30. The number of carboxylic acid groups (broad SMARTS) is 1. The fourth-order valence-corrected chi connectivity index (χ4v) is 0.304. The van der Waals surface area contributed by atoms with Crippen molar-refractivity contribution in [1.82, 2.24) is 0 Å². The van der Waals surface area contributed by atoms with Gasteiger partial charge < -0.3 is 23.5 Å². The molecular weight excluding hydrogens is 163 g/mol. The summed E-state index contributed by atoms with van der Waals surface area (Å²) < 4.78 is 0. The predicted molar refractivity (Wildman–Crippen MR) is 34.1 cm³/mol. The van der Waals surface area contributed by atoms with Crippen molar-refractivity contribution < 1.29 is 51.2 Å². The first kappa shape index (κ1) is 17.1. The topological polar surface area (TPSA) is 138 Å². The zero-order chi connectivity index (χ0) is 7.44. The molecule has 0 heterocycles. The van der Waals surface area contributed by atoms with Crippen molar-refractivity contribution in [2.75, 3.05) is 0 Å². The third-order valence-electron chi connectivity index (χ3n) is 0.738. The van der Waals surface area contributed by atoms with Crippen LogP contribution in [0.15, 0.2) is 0 Å². The SMILES string of the molecule is NC(=O)C[C@H](N)C(=O)O.O.[H-].[Na+]. The third-order valence-corrected chi connectivity index (χ3v) is 0.738. The van der Waals surface area contributed by atoms with Gasteiger partial charge in [-0.3, -0.25) is 9.59 Å². The molecule has 0 saturated carbocycles. The Hall–Kier alpha value is -0.140. The zero-order valence-electron chi connectivity index (χ0n) is 7.20. The monoisotopic (exact) mass is 174 g/mol. The van der Waals surface area contributed by atoms with Crippen molar-refractivity contribution in [3.63, 3.8) is 0 Å². The Labute approximate surface area is 87.0 Å². The second-order valence-corrected chi connectivity index (χ2v) is 1.62. The van der Waals surface area contributed by atoms with Gasteiger partial charge in [0.2, 0.25) is 5.91 Å². The Morgan fingerprint density at radius 2 is 1.91 bits per heavy atom. The summed E-state index contributed by atoms with van der Waals surface area (Å²) in [5.41, 5.74) is 9.57. The molecule has 1 atom stereocenters. The van der Waals surface area contributed by atoms with Crippen LogP contribution in [0, 0.1) is 0 Å². The van der Waals surface area contributed by atoms with Crippen molar-refractivity contribution in [3.8, 4) is 0 Å². The molecule has 6 nitrogen and oxygen atoms in total. The van der Waals surface area contributed by atoms with E-state index in [9.17, 15) is 9.59 Å². The minimum absolute atomic E-state index is 0. The Morgan fingerprint density at radius 1 is 1.55 bits per heavy atom. The maximum atomic E-state index is 9.99. The van der Waals surface area contributed by atoms with E-state index in [1.54, 1.807) is 0 Å². The van der Waals surface area contributed by atoms with Crippen LogP contribution in [0.3, 0.4) is 0 Å². The molecule has 0 aromatic carbocycles. The fraction of sp³-hybridized carbons (Fsp3) is 0.500. The number of nitrogens with two attached hydrogens (primary N) is 2. The molecule has 0 aliphatic rings. The maximum Gasteiger partial charge on any atom is 1.00 e. The predicted octanol–water partition coefficient (Wildman–Crippen LogP) is -5.43. The minimum atomic E-state index is -1.21.